The number of pyridine rings is 1. The van der Waals surface area contributed by atoms with E-state index in [0.717, 1.165) is 60.9 Å². The maximum Gasteiger partial charge on any atom is 0.141 e. The van der Waals surface area contributed by atoms with Gasteiger partial charge in [0, 0.05) is 27.9 Å². The topological polar surface area (TPSA) is 54.8 Å². The van der Waals surface area contributed by atoms with Crippen LogP contribution in [0.1, 0.15) is 5.69 Å². The van der Waals surface area contributed by atoms with Crippen molar-refractivity contribution in [3.8, 4) is 34.0 Å². The van der Waals surface area contributed by atoms with E-state index in [4.69, 9.17) is 4.42 Å². The van der Waals surface area contributed by atoms with Gasteiger partial charge in [0.15, 0.2) is 0 Å². The van der Waals surface area contributed by atoms with Gasteiger partial charge in [-0.1, -0.05) is 72.8 Å². The molecule has 186 valence electrons. The fourth-order valence-electron chi connectivity index (χ4n) is 5.97. The molecule has 4 nitrogen and oxygen atoms in total. The number of hydrogen-bond donors (Lipinski definition) is 0. The number of benzene rings is 5. The van der Waals surface area contributed by atoms with Crippen LogP contribution in [0.4, 0.5) is 0 Å². The smallest absolute Gasteiger partial charge is 0.141 e. The lowest BCUT2D eigenvalue weighted by Gasteiger charge is -2.15. The number of nitriles is 1. The number of nitrogens with zero attached hydrogens (tertiary/aromatic N) is 3. The Labute approximate surface area is 230 Å². The summed E-state index contributed by atoms with van der Waals surface area (Å²) in [6.07, 6.45) is 1.69. The monoisotopic (exact) mass is 511 g/mol. The molecule has 0 saturated heterocycles. The molecule has 0 aliphatic heterocycles. The standard InChI is InChI=1S/C36H21N3O/c37-22-26-21-24(18-19-38-26)23-8-7-9-25(20-23)27-10-1-4-13-31(27)39-32-14-5-2-11-28(32)29-16-17-34-35(36(29)39)30-12-3-6-15-33(30)40-34/h1-21H. The van der Waals surface area contributed by atoms with Crippen LogP contribution >= 0.6 is 0 Å². The zero-order valence-electron chi connectivity index (χ0n) is 21.4. The van der Waals surface area contributed by atoms with E-state index in [1.54, 1.807) is 6.20 Å². The Balaban J connectivity index is 1.45. The molecule has 3 heterocycles. The van der Waals surface area contributed by atoms with Gasteiger partial charge in [0.25, 0.3) is 0 Å². The largest absolute Gasteiger partial charge is 0.456 e. The summed E-state index contributed by atoms with van der Waals surface area (Å²) < 4.78 is 8.69. The molecule has 0 amide bonds. The summed E-state index contributed by atoms with van der Waals surface area (Å²) in [6.45, 7) is 0. The number of furan rings is 1. The zero-order chi connectivity index (χ0) is 26.6. The lowest BCUT2D eigenvalue weighted by molar-refractivity contribution is 0.669. The van der Waals surface area contributed by atoms with E-state index < -0.39 is 0 Å². The quantitative estimate of drug-likeness (QED) is 0.237. The second kappa shape index (κ2) is 8.69. The van der Waals surface area contributed by atoms with Crippen molar-refractivity contribution in [2.24, 2.45) is 0 Å². The molecular formula is C36H21N3O. The van der Waals surface area contributed by atoms with Gasteiger partial charge < -0.3 is 8.98 Å². The van der Waals surface area contributed by atoms with E-state index in [0.29, 0.717) is 5.69 Å². The second-order valence-electron chi connectivity index (χ2n) is 9.93. The molecule has 40 heavy (non-hydrogen) atoms. The van der Waals surface area contributed by atoms with Gasteiger partial charge in [-0.3, -0.25) is 0 Å². The van der Waals surface area contributed by atoms with Gasteiger partial charge in [-0.2, -0.15) is 5.26 Å². The van der Waals surface area contributed by atoms with Crippen LogP contribution in [-0.4, -0.2) is 9.55 Å². The zero-order valence-corrected chi connectivity index (χ0v) is 21.4. The van der Waals surface area contributed by atoms with Crippen molar-refractivity contribution in [2.45, 2.75) is 0 Å². The summed E-state index contributed by atoms with van der Waals surface area (Å²) in [5.41, 5.74) is 9.77. The Morgan fingerprint density at radius 3 is 2.33 bits per heavy atom. The Bertz CT molecular complexity index is 2300. The number of para-hydroxylation sites is 3. The maximum absolute atomic E-state index is 9.36. The number of hydrogen-bond acceptors (Lipinski definition) is 3. The molecule has 0 atom stereocenters. The van der Waals surface area contributed by atoms with Crippen molar-refractivity contribution >= 4 is 43.7 Å². The van der Waals surface area contributed by atoms with Crippen molar-refractivity contribution in [3.63, 3.8) is 0 Å². The minimum atomic E-state index is 0.407. The lowest BCUT2D eigenvalue weighted by Crippen LogP contribution is -1.97. The Morgan fingerprint density at radius 2 is 1.40 bits per heavy atom. The first kappa shape index (κ1) is 22.3. The van der Waals surface area contributed by atoms with E-state index in [1.807, 2.05) is 24.3 Å². The van der Waals surface area contributed by atoms with Gasteiger partial charge in [0.05, 0.1) is 22.1 Å². The van der Waals surface area contributed by atoms with Gasteiger partial charge in [0.2, 0.25) is 0 Å². The third-order valence-corrected chi connectivity index (χ3v) is 7.70. The first-order valence-corrected chi connectivity index (χ1v) is 13.2. The normalized spacial score (nSPS) is 11.5. The number of rotatable bonds is 3. The van der Waals surface area contributed by atoms with Crippen molar-refractivity contribution in [2.75, 3.05) is 0 Å². The molecule has 3 aromatic heterocycles. The average Bonchev–Trinajstić information content (AvgIpc) is 3.57. The van der Waals surface area contributed by atoms with Gasteiger partial charge in [-0.15, -0.1) is 0 Å². The van der Waals surface area contributed by atoms with Crippen molar-refractivity contribution in [1.82, 2.24) is 9.55 Å². The van der Waals surface area contributed by atoms with Crippen LogP contribution in [0, 0.1) is 11.3 Å². The van der Waals surface area contributed by atoms with Crippen LogP contribution in [-0.2, 0) is 0 Å². The molecule has 0 bridgehead atoms. The number of aromatic nitrogens is 2. The highest BCUT2D eigenvalue weighted by molar-refractivity contribution is 6.24. The molecule has 0 aliphatic rings. The molecule has 0 spiro atoms. The van der Waals surface area contributed by atoms with Gasteiger partial charge in [-0.25, -0.2) is 4.98 Å². The molecule has 8 aromatic rings. The molecular weight excluding hydrogens is 490 g/mol. The molecule has 8 rings (SSSR count). The van der Waals surface area contributed by atoms with Crippen LogP contribution in [0.15, 0.2) is 132 Å². The van der Waals surface area contributed by atoms with Crippen LogP contribution < -0.4 is 0 Å². The Kier molecular flexibility index (Phi) is 4.85. The molecule has 0 unspecified atom stereocenters. The predicted molar refractivity (Wildman–Crippen MR) is 161 cm³/mol. The average molecular weight is 512 g/mol. The van der Waals surface area contributed by atoms with Crippen LogP contribution in [0.25, 0.3) is 71.7 Å². The van der Waals surface area contributed by atoms with E-state index in [-0.39, 0.29) is 0 Å². The van der Waals surface area contributed by atoms with E-state index in [2.05, 4.69) is 113 Å². The predicted octanol–water partition coefficient (Wildman–Crippen LogP) is 9.28. The molecule has 4 heteroatoms. The van der Waals surface area contributed by atoms with Crippen LogP contribution in [0.3, 0.4) is 0 Å². The lowest BCUT2D eigenvalue weighted by atomic mass is 9.98. The summed E-state index contributed by atoms with van der Waals surface area (Å²) in [5.74, 6) is 0. The van der Waals surface area contributed by atoms with E-state index in [9.17, 15) is 5.26 Å². The molecule has 0 radical (unpaired) electrons. The van der Waals surface area contributed by atoms with Crippen molar-refractivity contribution < 1.29 is 4.42 Å². The fourth-order valence-corrected chi connectivity index (χ4v) is 5.97. The summed E-state index contributed by atoms with van der Waals surface area (Å²) in [6, 6.07) is 44.1. The number of fused-ring (bicyclic) bond motifs is 7. The Morgan fingerprint density at radius 1 is 0.625 bits per heavy atom. The summed E-state index contributed by atoms with van der Waals surface area (Å²) in [5, 5.41) is 14.0. The SMILES string of the molecule is N#Cc1cc(-c2cccc(-c3ccccc3-n3c4ccccc4c4ccc5oc6ccccc6c5c43)c2)ccn1. The van der Waals surface area contributed by atoms with E-state index >= 15 is 0 Å². The maximum atomic E-state index is 9.36. The second-order valence-corrected chi connectivity index (χ2v) is 9.93. The third kappa shape index (κ3) is 3.28. The van der Waals surface area contributed by atoms with E-state index in [1.165, 1.54) is 10.8 Å². The summed E-state index contributed by atoms with van der Waals surface area (Å²) in [7, 11) is 0. The van der Waals surface area contributed by atoms with Crippen molar-refractivity contribution in [3.05, 3.63) is 133 Å². The fraction of sp³-hybridized carbons (Fsp3) is 0. The van der Waals surface area contributed by atoms with Crippen LogP contribution in [0.2, 0.25) is 0 Å². The molecule has 0 N–H and O–H groups in total. The molecule has 0 aliphatic carbocycles. The highest BCUT2D eigenvalue weighted by Gasteiger charge is 2.20. The van der Waals surface area contributed by atoms with Crippen molar-refractivity contribution in [1.29, 1.82) is 5.26 Å². The minimum Gasteiger partial charge on any atom is -0.456 e. The first-order chi connectivity index (χ1) is 19.8. The van der Waals surface area contributed by atoms with Gasteiger partial charge >= 0.3 is 0 Å². The summed E-state index contributed by atoms with van der Waals surface area (Å²) >= 11 is 0. The summed E-state index contributed by atoms with van der Waals surface area (Å²) in [4.78, 5) is 4.14. The molecule has 0 fully saturated rings. The highest BCUT2D eigenvalue weighted by atomic mass is 16.3. The highest BCUT2D eigenvalue weighted by Crippen LogP contribution is 2.42. The third-order valence-electron chi connectivity index (χ3n) is 7.70. The Hall–Kier alpha value is -5.66. The van der Waals surface area contributed by atoms with Gasteiger partial charge in [0.1, 0.15) is 22.9 Å². The van der Waals surface area contributed by atoms with Crippen LogP contribution in [0.5, 0.6) is 0 Å². The first-order valence-electron chi connectivity index (χ1n) is 13.2. The molecule has 5 aromatic carbocycles. The van der Waals surface area contributed by atoms with Gasteiger partial charge in [-0.05, 0) is 65.2 Å². The molecule has 0 saturated carbocycles. The minimum absolute atomic E-state index is 0.407.